The van der Waals surface area contributed by atoms with Gasteiger partial charge >= 0.3 is 0 Å². The number of para-hydroxylation sites is 1. The molecular formula is C22H18N4O3. The summed E-state index contributed by atoms with van der Waals surface area (Å²) in [4.78, 5) is 28.9. The summed E-state index contributed by atoms with van der Waals surface area (Å²) in [7, 11) is 0. The molecule has 0 radical (unpaired) electrons. The van der Waals surface area contributed by atoms with E-state index in [4.69, 9.17) is 10.3 Å². The summed E-state index contributed by atoms with van der Waals surface area (Å²) < 4.78 is 5.22. The molecule has 0 aliphatic carbocycles. The molecule has 0 unspecified atom stereocenters. The summed E-state index contributed by atoms with van der Waals surface area (Å²) in [5.74, 6) is -1.12. The average Bonchev–Trinajstić information content (AvgIpc) is 3.16. The second kappa shape index (κ2) is 7.93. The Hall–Kier alpha value is -4.00. The van der Waals surface area contributed by atoms with Gasteiger partial charge in [0.1, 0.15) is 11.3 Å². The Labute approximate surface area is 166 Å². The molecule has 3 N–H and O–H groups in total. The van der Waals surface area contributed by atoms with Gasteiger partial charge in [0.05, 0.1) is 11.2 Å². The number of nitrogens with one attached hydrogen (secondary N) is 1. The Morgan fingerprint density at radius 2 is 1.72 bits per heavy atom. The van der Waals surface area contributed by atoms with Crippen LogP contribution in [0.3, 0.4) is 0 Å². The molecule has 0 saturated heterocycles. The fourth-order valence-corrected chi connectivity index (χ4v) is 3.07. The van der Waals surface area contributed by atoms with Crippen molar-refractivity contribution in [3.63, 3.8) is 0 Å². The van der Waals surface area contributed by atoms with Gasteiger partial charge in [-0.15, -0.1) is 0 Å². The van der Waals surface area contributed by atoms with Crippen LogP contribution in [0.4, 0.5) is 5.88 Å². The molecule has 4 rings (SSSR count). The highest BCUT2D eigenvalue weighted by molar-refractivity contribution is 6.06. The fraction of sp³-hybridized carbons (Fsp3) is 0.0909. The molecule has 2 amide bonds. The number of carbonyl (C=O) groups is 2. The molecule has 7 nitrogen and oxygen atoms in total. The molecule has 7 heteroatoms. The Morgan fingerprint density at radius 1 is 0.966 bits per heavy atom. The molecule has 0 aliphatic heterocycles. The molecule has 29 heavy (non-hydrogen) atoms. The van der Waals surface area contributed by atoms with E-state index in [9.17, 15) is 9.59 Å². The number of anilines is 1. The largest absolute Gasteiger partial charge is 0.365 e. The predicted octanol–water partition coefficient (Wildman–Crippen LogP) is 3.56. The van der Waals surface area contributed by atoms with Gasteiger partial charge in [0.25, 0.3) is 5.91 Å². The molecule has 2 heterocycles. The average molecular weight is 386 g/mol. The van der Waals surface area contributed by atoms with E-state index in [1.165, 1.54) is 0 Å². The highest BCUT2D eigenvalue weighted by atomic mass is 16.5. The summed E-state index contributed by atoms with van der Waals surface area (Å²) in [5.41, 5.74) is 7.95. The predicted molar refractivity (Wildman–Crippen MR) is 109 cm³/mol. The third-order valence-corrected chi connectivity index (χ3v) is 4.52. The molecular weight excluding hydrogens is 368 g/mol. The number of rotatable bonds is 6. The third-order valence-electron chi connectivity index (χ3n) is 4.52. The number of fused-ring (bicyclic) bond motifs is 1. The Morgan fingerprint density at radius 3 is 2.52 bits per heavy atom. The van der Waals surface area contributed by atoms with Crippen LogP contribution in [0.15, 0.2) is 71.3 Å². The number of aromatic nitrogens is 2. The van der Waals surface area contributed by atoms with Gasteiger partial charge in [-0.2, -0.15) is 0 Å². The van der Waals surface area contributed by atoms with Crippen molar-refractivity contribution < 1.29 is 14.1 Å². The number of hydrogen-bond donors (Lipinski definition) is 2. The zero-order valence-electron chi connectivity index (χ0n) is 15.5. The van der Waals surface area contributed by atoms with Crippen molar-refractivity contribution in [2.45, 2.75) is 12.8 Å². The van der Waals surface area contributed by atoms with E-state index in [0.717, 1.165) is 16.5 Å². The topological polar surface area (TPSA) is 111 Å². The number of nitrogens with two attached hydrogens (primary N) is 1. The van der Waals surface area contributed by atoms with Crippen LogP contribution >= 0.6 is 0 Å². The second-order valence-corrected chi connectivity index (χ2v) is 6.52. The first-order valence-corrected chi connectivity index (χ1v) is 9.11. The maximum Gasteiger partial charge on any atom is 0.256 e. The van der Waals surface area contributed by atoms with Gasteiger partial charge in [0, 0.05) is 11.8 Å². The Kier molecular flexibility index (Phi) is 5.03. The Balaban J connectivity index is 1.57. The van der Waals surface area contributed by atoms with Gasteiger partial charge in [-0.1, -0.05) is 59.8 Å². The van der Waals surface area contributed by atoms with Crippen LogP contribution in [0, 0.1) is 0 Å². The third kappa shape index (κ3) is 3.98. The summed E-state index contributed by atoms with van der Waals surface area (Å²) in [6.07, 6.45) is 0.790. The number of nitrogens with zero attached hydrogens (tertiary/aromatic N) is 2. The standard InChI is InChI=1S/C22H18N4O3/c23-21(28)19-20(17-12-11-15-8-4-5-9-16(15)24-17)26-29-22(19)25-18(27)13-10-14-6-2-1-3-7-14/h1-9,11-12H,10,13H2,(H2,23,28)(H,25,27). The summed E-state index contributed by atoms with van der Waals surface area (Å²) in [6.45, 7) is 0. The molecule has 0 saturated carbocycles. The van der Waals surface area contributed by atoms with Crippen LogP contribution in [0.25, 0.3) is 22.3 Å². The number of aryl methyl sites for hydroxylation is 1. The van der Waals surface area contributed by atoms with Gasteiger partial charge in [-0.05, 0) is 24.1 Å². The number of pyridine rings is 1. The molecule has 2 aromatic carbocycles. The maximum atomic E-state index is 12.3. The van der Waals surface area contributed by atoms with Crippen molar-refractivity contribution in [1.82, 2.24) is 10.1 Å². The smallest absolute Gasteiger partial charge is 0.256 e. The number of amides is 2. The minimum atomic E-state index is -0.755. The van der Waals surface area contributed by atoms with Gasteiger partial charge in [-0.3, -0.25) is 14.9 Å². The first-order chi connectivity index (χ1) is 14.1. The summed E-state index contributed by atoms with van der Waals surface area (Å²) in [5, 5.41) is 7.48. The van der Waals surface area contributed by atoms with E-state index in [2.05, 4.69) is 15.5 Å². The van der Waals surface area contributed by atoms with E-state index < -0.39 is 5.91 Å². The minimum absolute atomic E-state index is 0.000780. The lowest BCUT2D eigenvalue weighted by Gasteiger charge is -2.04. The molecule has 144 valence electrons. The first-order valence-electron chi connectivity index (χ1n) is 9.11. The van der Waals surface area contributed by atoms with Crippen LogP contribution in [0.1, 0.15) is 22.3 Å². The van der Waals surface area contributed by atoms with Crippen molar-refractivity contribution in [3.8, 4) is 11.4 Å². The number of benzene rings is 2. The lowest BCUT2D eigenvalue weighted by molar-refractivity contribution is -0.116. The van der Waals surface area contributed by atoms with E-state index in [1.54, 1.807) is 6.07 Å². The van der Waals surface area contributed by atoms with Crippen molar-refractivity contribution in [2.24, 2.45) is 5.73 Å². The molecule has 4 aromatic rings. The van der Waals surface area contributed by atoms with Gasteiger partial charge in [-0.25, -0.2) is 4.98 Å². The molecule has 0 atom stereocenters. The summed E-state index contributed by atoms with van der Waals surface area (Å²) in [6, 6.07) is 20.8. The van der Waals surface area contributed by atoms with Crippen molar-refractivity contribution >= 4 is 28.6 Å². The highest BCUT2D eigenvalue weighted by Crippen LogP contribution is 2.28. The van der Waals surface area contributed by atoms with E-state index in [-0.39, 0.29) is 29.5 Å². The molecule has 0 fully saturated rings. The zero-order valence-corrected chi connectivity index (χ0v) is 15.5. The fourth-order valence-electron chi connectivity index (χ4n) is 3.07. The molecule has 0 aliphatic rings. The SMILES string of the molecule is NC(=O)c1c(-c2ccc3ccccc3n2)noc1NC(=O)CCc1ccccc1. The summed E-state index contributed by atoms with van der Waals surface area (Å²) >= 11 is 0. The second-order valence-electron chi connectivity index (χ2n) is 6.52. The van der Waals surface area contributed by atoms with Crippen LogP contribution < -0.4 is 11.1 Å². The number of primary amides is 1. The van der Waals surface area contributed by atoms with Crippen LogP contribution in [0.2, 0.25) is 0 Å². The van der Waals surface area contributed by atoms with Crippen molar-refractivity contribution in [1.29, 1.82) is 0 Å². The van der Waals surface area contributed by atoms with Crippen LogP contribution in [0.5, 0.6) is 0 Å². The van der Waals surface area contributed by atoms with E-state index in [0.29, 0.717) is 12.1 Å². The zero-order chi connectivity index (χ0) is 20.2. The van der Waals surface area contributed by atoms with E-state index in [1.807, 2.05) is 60.7 Å². The van der Waals surface area contributed by atoms with Crippen LogP contribution in [-0.4, -0.2) is 22.0 Å². The first kappa shape index (κ1) is 18.4. The van der Waals surface area contributed by atoms with Gasteiger partial charge < -0.3 is 10.3 Å². The molecule has 0 bridgehead atoms. The maximum absolute atomic E-state index is 12.3. The van der Waals surface area contributed by atoms with E-state index >= 15 is 0 Å². The quantitative estimate of drug-likeness (QED) is 0.526. The van der Waals surface area contributed by atoms with Gasteiger partial charge in [0.15, 0.2) is 0 Å². The lowest BCUT2D eigenvalue weighted by Crippen LogP contribution is -2.18. The monoisotopic (exact) mass is 386 g/mol. The van der Waals surface area contributed by atoms with Crippen molar-refractivity contribution in [3.05, 3.63) is 77.9 Å². The van der Waals surface area contributed by atoms with Gasteiger partial charge in [0.2, 0.25) is 11.8 Å². The molecule has 2 aromatic heterocycles. The normalized spacial score (nSPS) is 10.8. The lowest BCUT2D eigenvalue weighted by atomic mass is 10.1. The number of carbonyl (C=O) groups excluding carboxylic acids is 2. The number of hydrogen-bond acceptors (Lipinski definition) is 5. The molecule has 0 spiro atoms. The minimum Gasteiger partial charge on any atom is -0.365 e. The van der Waals surface area contributed by atoms with Crippen LogP contribution in [-0.2, 0) is 11.2 Å². The highest BCUT2D eigenvalue weighted by Gasteiger charge is 2.24. The van der Waals surface area contributed by atoms with Crippen molar-refractivity contribution in [2.75, 3.05) is 5.32 Å². The Bertz CT molecular complexity index is 1190.